The van der Waals surface area contributed by atoms with Gasteiger partial charge in [0.25, 0.3) is 11.5 Å². The van der Waals surface area contributed by atoms with Crippen LogP contribution in [-0.2, 0) is 13.5 Å². The first kappa shape index (κ1) is 27.9. The summed E-state index contributed by atoms with van der Waals surface area (Å²) in [6.45, 7) is 1.90. The number of hydrogen-bond donors (Lipinski definition) is 3. The number of nitrogens with one attached hydrogen (secondary N) is 3. The zero-order chi connectivity index (χ0) is 29.8. The van der Waals surface area contributed by atoms with Crippen LogP contribution < -0.4 is 20.9 Å². The third kappa shape index (κ3) is 5.92. The van der Waals surface area contributed by atoms with Crippen molar-refractivity contribution in [3.8, 4) is 17.2 Å². The quantitative estimate of drug-likeness (QED) is 0.200. The first-order valence-corrected chi connectivity index (χ1v) is 12.7. The monoisotopic (exact) mass is 569 g/mol. The van der Waals surface area contributed by atoms with E-state index in [1.54, 1.807) is 23.1 Å². The number of aromatic nitrogens is 4. The molecule has 0 saturated heterocycles. The lowest BCUT2D eigenvalue weighted by atomic mass is 10.2. The van der Waals surface area contributed by atoms with Gasteiger partial charge in [0.05, 0.1) is 35.2 Å². The van der Waals surface area contributed by atoms with E-state index in [0.717, 1.165) is 23.7 Å². The Bertz CT molecular complexity index is 1850. The van der Waals surface area contributed by atoms with Gasteiger partial charge in [0, 0.05) is 49.4 Å². The van der Waals surface area contributed by atoms with Crippen molar-refractivity contribution >= 4 is 29.2 Å². The summed E-state index contributed by atoms with van der Waals surface area (Å²) in [6.07, 6.45) is 6.05. The van der Waals surface area contributed by atoms with E-state index in [1.165, 1.54) is 59.3 Å². The summed E-state index contributed by atoms with van der Waals surface area (Å²) in [5, 5.41) is 17.4. The number of carbonyl (C=O) groups is 1. The molecule has 42 heavy (non-hydrogen) atoms. The van der Waals surface area contributed by atoms with E-state index in [0.29, 0.717) is 17.1 Å². The Hall–Kier alpha value is -5.65. The van der Waals surface area contributed by atoms with Crippen LogP contribution in [0.4, 0.5) is 25.8 Å². The minimum atomic E-state index is -0.771. The zero-order valence-corrected chi connectivity index (χ0v) is 22.6. The summed E-state index contributed by atoms with van der Waals surface area (Å²) in [4.78, 5) is 30.2. The Balaban J connectivity index is 1.35. The Labute approximate surface area is 238 Å². The molecule has 0 atom stereocenters. The highest BCUT2D eigenvalue weighted by Gasteiger charge is 2.16. The fourth-order valence-electron chi connectivity index (χ4n) is 4.11. The van der Waals surface area contributed by atoms with Crippen LogP contribution in [0.3, 0.4) is 0 Å². The number of pyridine rings is 2. The molecule has 12 heteroatoms. The van der Waals surface area contributed by atoms with Crippen LogP contribution in [0.2, 0.25) is 0 Å². The Kier molecular flexibility index (Phi) is 7.87. The summed E-state index contributed by atoms with van der Waals surface area (Å²) in [7, 11) is 1.82. The van der Waals surface area contributed by atoms with Crippen molar-refractivity contribution < 1.29 is 18.3 Å². The Morgan fingerprint density at radius 3 is 2.52 bits per heavy atom. The Morgan fingerprint density at radius 2 is 1.83 bits per heavy atom. The van der Waals surface area contributed by atoms with Crippen molar-refractivity contribution in [2.45, 2.75) is 13.3 Å². The number of amides is 1. The molecule has 5 aromatic rings. The fourth-order valence-corrected chi connectivity index (χ4v) is 4.11. The molecule has 0 aliphatic rings. The maximum atomic E-state index is 15.1. The number of ether oxygens (including phenoxy) is 1. The van der Waals surface area contributed by atoms with Crippen LogP contribution in [0.1, 0.15) is 21.7 Å². The molecule has 0 bridgehead atoms. The molecular weight excluding hydrogens is 544 g/mol. The molecule has 3 N–H and O–H groups in total. The van der Waals surface area contributed by atoms with Gasteiger partial charge < -0.3 is 20.8 Å². The molecule has 0 spiro atoms. The van der Waals surface area contributed by atoms with Gasteiger partial charge in [-0.1, -0.05) is 0 Å². The van der Waals surface area contributed by atoms with Crippen molar-refractivity contribution in [2.75, 3.05) is 10.6 Å². The minimum absolute atomic E-state index is 0.0988. The van der Waals surface area contributed by atoms with Gasteiger partial charge in [-0.25, -0.2) is 8.78 Å². The number of carbonyl (C=O) groups excluding carboxylic acids is 1. The van der Waals surface area contributed by atoms with Crippen molar-refractivity contribution in [2.24, 2.45) is 7.05 Å². The summed E-state index contributed by atoms with van der Waals surface area (Å²) < 4.78 is 37.2. The molecule has 3 heterocycles. The SMILES string of the molecule is Cc1c(Nc2cnc(CC=N)c(Oc3ccc(NC(=O)c4cccn(-c5ccc(F)cc5)c4=O)cc3F)c2)cnn1C. The average Bonchev–Trinajstić information content (AvgIpc) is 3.28. The fraction of sp³-hybridized carbons (Fsp3) is 0.100. The number of rotatable bonds is 9. The van der Waals surface area contributed by atoms with Gasteiger partial charge in [0.2, 0.25) is 0 Å². The molecule has 5 rings (SSSR count). The third-order valence-electron chi connectivity index (χ3n) is 6.45. The highest BCUT2D eigenvalue weighted by Crippen LogP contribution is 2.31. The van der Waals surface area contributed by atoms with Gasteiger partial charge in [0.15, 0.2) is 17.3 Å². The maximum Gasteiger partial charge on any atom is 0.267 e. The lowest BCUT2D eigenvalue weighted by Gasteiger charge is -2.14. The van der Waals surface area contributed by atoms with E-state index in [1.807, 2.05) is 14.0 Å². The molecule has 0 unspecified atom stereocenters. The third-order valence-corrected chi connectivity index (χ3v) is 6.45. The number of anilines is 3. The predicted octanol–water partition coefficient (Wildman–Crippen LogP) is 5.53. The van der Waals surface area contributed by atoms with Gasteiger partial charge >= 0.3 is 0 Å². The molecular formula is C30H25F2N7O3. The number of aryl methyl sites for hydroxylation is 1. The molecule has 2 aromatic carbocycles. The van der Waals surface area contributed by atoms with E-state index >= 15 is 4.39 Å². The van der Waals surface area contributed by atoms with Crippen LogP contribution in [0.15, 0.2) is 84.0 Å². The van der Waals surface area contributed by atoms with Gasteiger partial charge in [-0.3, -0.25) is 23.8 Å². The predicted molar refractivity (Wildman–Crippen MR) is 154 cm³/mol. The molecule has 0 saturated carbocycles. The van der Waals surface area contributed by atoms with Crippen LogP contribution >= 0.6 is 0 Å². The molecule has 3 aromatic heterocycles. The first-order chi connectivity index (χ1) is 20.2. The van der Waals surface area contributed by atoms with Crippen LogP contribution in [0.5, 0.6) is 11.5 Å². The van der Waals surface area contributed by atoms with Crippen LogP contribution in [-0.4, -0.2) is 31.5 Å². The smallest absolute Gasteiger partial charge is 0.267 e. The second-order valence-electron chi connectivity index (χ2n) is 9.24. The molecule has 0 fully saturated rings. The normalized spacial score (nSPS) is 10.8. The van der Waals surface area contributed by atoms with E-state index < -0.39 is 23.1 Å². The van der Waals surface area contributed by atoms with Crippen molar-refractivity contribution in [1.29, 1.82) is 5.41 Å². The topological polar surface area (TPSA) is 127 Å². The number of nitrogens with zero attached hydrogens (tertiary/aromatic N) is 4. The average molecular weight is 570 g/mol. The summed E-state index contributed by atoms with van der Waals surface area (Å²) in [5.41, 5.74) is 2.34. The molecule has 212 valence electrons. The molecule has 0 radical (unpaired) electrons. The number of halogens is 2. The zero-order valence-electron chi connectivity index (χ0n) is 22.6. The van der Waals surface area contributed by atoms with E-state index in [4.69, 9.17) is 10.1 Å². The van der Waals surface area contributed by atoms with E-state index in [9.17, 15) is 14.0 Å². The molecule has 1 amide bonds. The summed E-state index contributed by atoms with van der Waals surface area (Å²) in [6, 6.07) is 13.6. The Morgan fingerprint density at radius 1 is 1.05 bits per heavy atom. The number of hydrogen-bond acceptors (Lipinski definition) is 7. The van der Waals surface area contributed by atoms with Crippen LogP contribution in [0, 0.1) is 24.0 Å². The summed E-state index contributed by atoms with van der Waals surface area (Å²) >= 11 is 0. The number of benzene rings is 2. The van der Waals surface area contributed by atoms with Gasteiger partial charge in [0.1, 0.15) is 11.4 Å². The van der Waals surface area contributed by atoms with Crippen LogP contribution in [0.25, 0.3) is 5.69 Å². The second kappa shape index (κ2) is 11.8. The maximum absolute atomic E-state index is 15.1. The van der Waals surface area contributed by atoms with Gasteiger partial charge in [-0.05, 0) is 55.5 Å². The van der Waals surface area contributed by atoms with Crippen molar-refractivity contribution in [3.63, 3.8) is 0 Å². The van der Waals surface area contributed by atoms with Gasteiger partial charge in [-0.2, -0.15) is 5.10 Å². The lowest BCUT2D eigenvalue weighted by molar-refractivity contribution is 0.102. The highest BCUT2D eigenvalue weighted by atomic mass is 19.1. The van der Waals surface area contributed by atoms with Crippen molar-refractivity contribution in [3.05, 3.63) is 118 Å². The standard InChI is InChI=1S/C30H25F2N7O3/c1-18-26(17-35-38(18)2)36-21-15-28(25(11-12-33)34-16-21)42-27-10-7-20(14-24(27)32)37-29(40)23-4-3-13-39(30(23)41)22-8-5-19(31)6-9-22/h3-10,12-17,33,36H,11H2,1-2H3,(H,37,40). The minimum Gasteiger partial charge on any atom is -0.452 e. The highest BCUT2D eigenvalue weighted by molar-refractivity contribution is 6.04. The first-order valence-electron chi connectivity index (χ1n) is 12.7. The van der Waals surface area contributed by atoms with Crippen molar-refractivity contribution in [1.82, 2.24) is 19.3 Å². The van der Waals surface area contributed by atoms with E-state index in [-0.39, 0.29) is 29.2 Å². The largest absolute Gasteiger partial charge is 0.452 e. The molecule has 10 nitrogen and oxygen atoms in total. The lowest BCUT2D eigenvalue weighted by Crippen LogP contribution is -2.27. The van der Waals surface area contributed by atoms with E-state index in [2.05, 4.69) is 20.7 Å². The summed E-state index contributed by atoms with van der Waals surface area (Å²) in [5.74, 6) is -1.86. The molecule has 0 aliphatic carbocycles. The second-order valence-corrected chi connectivity index (χ2v) is 9.24. The van der Waals surface area contributed by atoms with Gasteiger partial charge in [-0.15, -0.1) is 0 Å². The molecule has 0 aliphatic heterocycles.